The number of nitrogens with two attached hydrogens (primary N) is 1. The number of piperazine rings is 1. The van der Waals surface area contributed by atoms with Crippen molar-refractivity contribution < 1.29 is 0 Å². The molecule has 2 fully saturated rings. The SMILES string of the molecule is CCCN1CCN(C2(CN)CCCC2CC)CC1. The molecule has 1 saturated carbocycles. The van der Waals surface area contributed by atoms with E-state index in [0.717, 1.165) is 12.5 Å². The largest absolute Gasteiger partial charge is 0.329 e. The fourth-order valence-corrected chi connectivity index (χ4v) is 4.26. The number of hydrogen-bond acceptors (Lipinski definition) is 3. The average molecular weight is 253 g/mol. The van der Waals surface area contributed by atoms with Crippen LogP contribution >= 0.6 is 0 Å². The summed E-state index contributed by atoms with van der Waals surface area (Å²) in [5, 5.41) is 0. The third-order valence-corrected chi connectivity index (χ3v) is 5.31. The van der Waals surface area contributed by atoms with Crippen molar-refractivity contribution in [3.63, 3.8) is 0 Å². The molecule has 2 unspecified atom stereocenters. The van der Waals surface area contributed by atoms with Gasteiger partial charge in [0.1, 0.15) is 0 Å². The average Bonchev–Trinajstić information content (AvgIpc) is 2.84. The molecule has 1 saturated heterocycles. The van der Waals surface area contributed by atoms with E-state index in [1.807, 2.05) is 0 Å². The maximum Gasteiger partial charge on any atom is 0.0360 e. The van der Waals surface area contributed by atoms with Gasteiger partial charge in [0, 0.05) is 38.3 Å². The van der Waals surface area contributed by atoms with E-state index in [1.54, 1.807) is 0 Å². The van der Waals surface area contributed by atoms with Crippen LogP contribution in [-0.2, 0) is 0 Å². The lowest BCUT2D eigenvalue weighted by atomic mass is 9.83. The minimum absolute atomic E-state index is 0.340. The summed E-state index contributed by atoms with van der Waals surface area (Å²) >= 11 is 0. The van der Waals surface area contributed by atoms with Crippen LogP contribution in [0.15, 0.2) is 0 Å². The van der Waals surface area contributed by atoms with Gasteiger partial charge in [0.15, 0.2) is 0 Å². The Balaban J connectivity index is 1.97. The van der Waals surface area contributed by atoms with Crippen molar-refractivity contribution in [1.29, 1.82) is 0 Å². The summed E-state index contributed by atoms with van der Waals surface area (Å²) in [5.41, 5.74) is 6.54. The molecule has 2 rings (SSSR count). The second-order valence-corrected chi connectivity index (χ2v) is 6.13. The van der Waals surface area contributed by atoms with Gasteiger partial charge in [-0.1, -0.05) is 26.7 Å². The lowest BCUT2D eigenvalue weighted by Gasteiger charge is -2.48. The second-order valence-electron chi connectivity index (χ2n) is 6.13. The topological polar surface area (TPSA) is 32.5 Å². The predicted octanol–water partition coefficient (Wildman–Crippen LogP) is 1.92. The lowest BCUT2D eigenvalue weighted by Crippen LogP contribution is -2.61. The van der Waals surface area contributed by atoms with E-state index in [2.05, 4.69) is 23.6 Å². The van der Waals surface area contributed by atoms with Gasteiger partial charge in [0.25, 0.3) is 0 Å². The molecule has 0 radical (unpaired) electrons. The van der Waals surface area contributed by atoms with Gasteiger partial charge in [0.2, 0.25) is 0 Å². The molecule has 1 aliphatic carbocycles. The van der Waals surface area contributed by atoms with Crippen molar-refractivity contribution in [2.45, 2.75) is 51.5 Å². The molecular formula is C15H31N3. The van der Waals surface area contributed by atoms with Crippen LogP contribution in [0.3, 0.4) is 0 Å². The number of nitrogens with zero attached hydrogens (tertiary/aromatic N) is 2. The molecule has 3 nitrogen and oxygen atoms in total. The first-order valence-electron chi connectivity index (χ1n) is 7.94. The summed E-state index contributed by atoms with van der Waals surface area (Å²) in [5.74, 6) is 0.834. The van der Waals surface area contributed by atoms with E-state index < -0.39 is 0 Å². The van der Waals surface area contributed by atoms with Gasteiger partial charge in [0.05, 0.1) is 0 Å². The number of rotatable bonds is 5. The van der Waals surface area contributed by atoms with E-state index in [9.17, 15) is 0 Å². The fourth-order valence-electron chi connectivity index (χ4n) is 4.26. The highest BCUT2D eigenvalue weighted by Crippen LogP contribution is 2.42. The normalized spacial score (nSPS) is 35.2. The first-order valence-corrected chi connectivity index (χ1v) is 7.94. The monoisotopic (exact) mass is 253 g/mol. The van der Waals surface area contributed by atoms with Gasteiger partial charge in [-0.15, -0.1) is 0 Å². The van der Waals surface area contributed by atoms with Crippen molar-refractivity contribution in [2.24, 2.45) is 11.7 Å². The lowest BCUT2D eigenvalue weighted by molar-refractivity contribution is 0.0112. The Morgan fingerprint density at radius 3 is 2.44 bits per heavy atom. The first-order chi connectivity index (χ1) is 8.76. The highest BCUT2D eigenvalue weighted by atomic mass is 15.3. The molecule has 1 aliphatic heterocycles. The van der Waals surface area contributed by atoms with Gasteiger partial charge in [-0.05, 0) is 31.7 Å². The maximum atomic E-state index is 6.20. The van der Waals surface area contributed by atoms with Crippen molar-refractivity contribution in [1.82, 2.24) is 9.80 Å². The zero-order valence-corrected chi connectivity index (χ0v) is 12.3. The van der Waals surface area contributed by atoms with E-state index in [4.69, 9.17) is 5.73 Å². The Bertz CT molecular complexity index is 248. The molecule has 2 atom stereocenters. The molecule has 3 heteroatoms. The zero-order valence-electron chi connectivity index (χ0n) is 12.3. The van der Waals surface area contributed by atoms with Crippen LogP contribution in [0.1, 0.15) is 46.0 Å². The third-order valence-electron chi connectivity index (χ3n) is 5.31. The molecule has 0 aromatic carbocycles. The third kappa shape index (κ3) is 2.59. The summed E-state index contributed by atoms with van der Waals surface area (Å²) in [4.78, 5) is 5.34. The van der Waals surface area contributed by atoms with Crippen LogP contribution in [0, 0.1) is 5.92 Å². The van der Waals surface area contributed by atoms with Crippen molar-refractivity contribution in [2.75, 3.05) is 39.3 Å². The van der Waals surface area contributed by atoms with E-state index in [1.165, 1.54) is 64.8 Å². The molecule has 18 heavy (non-hydrogen) atoms. The molecule has 106 valence electrons. The van der Waals surface area contributed by atoms with E-state index >= 15 is 0 Å². The van der Waals surface area contributed by atoms with Crippen LogP contribution in [0.4, 0.5) is 0 Å². The van der Waals surface area contributed by atoms with Crippen LogP contribution in [0.25, 0.3) is 0 Å². The minimum atomic E-state index is 0.340. The van der Waals surface area contributed by atoms with Crippen molar-refractivity contribution in [3.8, 4) is 0 Å². The Labute approximate surface area is 113 Å². The minimum Gasteiger partial charge on any atom is -0.329 e. The summed E-state index contributed by atoms with van der Waals surface area (Å²) in [7, 11) is 0. The van der Waals surface area contributed by atoms with Gasteiger partial charge in [-0.2, -0.15) is 0 Å². The van der Waals surface area contributed by atoms with Gasteiger partial charge < -0.3 is 10.6 Å². The van der Waals surface area contributed by atoms with Crippen LogP contribution in [-0.4, -0.2) is 54.6 Å². The Hall–Kier alpha value is -0.120. The molecule has 0 amide bonds. The quantitative estimate of drug-likeness (QED) is 0.812. The molecule has 0 spiro atoms. The molecule has 2 N–H and O–H groups in total. The summed E-state index contributed by atoms with van der Waals surface area (Å²) in [6.45, 7) is 11.7. The molecule has 0 bridgehead atoms. The van der Waals surface area contributed by atoms with Crippen LogP contribution in [0.2, 0.25) is 0 Å². The molecule has 0 aromatic heterocycles. The molecule has 1 heterocycles. The maximum absolute atomic E-state index is 6.20. The standard InChI is InChI=1S/C15H31N3/c1-3-8-17-9-11-18(12-10-17)15(13-16)7-5-6-14(15)4-2/h14H,3-13,16H2,1-2H3. The highest BCUT2D eigenvalue weighted by molar-refractivity contribution is 5.02. The van der Waals surface area contributed by atoms with Crippen LogP contribution in [0.5, 0.6) is 0 Å². The van der Waals surface area contributed by atoms with Crippen molar-refractivity contribution >= 4 is 0 Å². The summed E-state index contributed by atoms with van der Waals surface area (Å²) in [6, 6.07) is 0. The summed E-state index contributed by atoms with van der Waals surface area (Å²) < 4.78 is 0. The van der Waals surface area contributed by atoms with E-state index in [0.29, 0.717) is 5.54 Å². The summed E-state index contributed by atoms with van der Waals surface area (Å²) in [6.07, 6.45) is 6.68. The van der Waals surface area contributed by atoms with Gasteiger partial charge in [-0.25, -0.2) is 0 Å². The molecule has 0 aromatic rings. The Kier molecular flexibility index (Phi) is 5.05. The smallest absolute Gasteiger partial charge is 0.0360 e. The van der Waals surface area contributed by atoms with Gasteiger partial charge >= 0.3 is 0 Å². The fraction of sp³-hybridized carbons (Fsp3) is 1.00. The Morgan fingerprint density at radius 1 is 1.17 bits per heavy atom. The van der Waals surface area contributed by atoms with Gasteiger partial charge in [-0.3, -0.25) is 4.90 Å². The van der Waals surface area contributed by atoms with E-state index in [-0.39, 0.29) is 0 Å². The Morgan fingerprint density at radius 2 is 1.89 bits per heavy atom. The molecule has 2 aliphatic rings. The zero-order chi connectivity index (χ0) is 13.0. The second kappa shape index (κ2) is 6.36. The van der Waals surface area contributed by atoms with Crippen molar-refractivity contribution in [3.05, 3.63) is 0 Å². The van der Waals surface area contributed by atoms with Crippen LogP contribution < -0.4 is 5.73 Å². The first kappa shape index (κ1) is 14.3. The highest BCUT2D eigenvalue weighted by Gasteiger charge is 2.45. The molecular weight excluding hydrogens is 222 g/mol. The number of hydrogen-bond donors (Lipinski definition) is 1. The predicted molar refractivity (Wildman–Crippen MR) is 77.7 cm³/mol.